The van der Waals surface area contributed by atoms with E-state index in [4.69, 9.17) is 0 Å². The van der Waals surface area contributed by atoms with Crippen molar-refractivity contribution in [2.75, 3.05) is 11.9 Å². The molecule has 2 amide bonds. The molecule has 0 radical (unpaired) electrons. The summed E-state index contributed by atoms with van der Waals surface area (Å²) in [4.78, 5) is 13.4. The van der Waals surface area contributed by atoms with E-state index in [1.807, 2.05) is 6.92 Å². The van der Waals surface area contributed by atoms with Gasteiger partial charge in [-0.25, -0.2) is 4.79 Å². The number of phenolic OH excluding ortho intramolecular Hbond substituents is 1. The summed E-state index contributed by atoms with van der Waals surface area (Å²) in [5.41, 5.74) is 1.84. The van der Waals surface area contributed by atoms with Crippen molar-refractivity contribution >= 4 is 11.7 Å². The Labute approximate surface area is 108 Å². The Morgan fingerprint density at radius 1 is 1.33 bits per heavy atom. The van der Waals surface area contributed by atoms with Crippen molar-refractivity contribution in [1.29, 1.82) is 0 Å². The van der Waals surface area contributed by atoms with Gasteiger partial charge in [-0.05, 0) is 37.1 Å². The van der Waals surface area contributed by atoms with E-state index in [0.717, 1.165) is 11.3 Å². The van der Waals surface area contributed by atoms with Crippen LogP contribution in [0.1, 0.15) is 20.8 Å². The third kappa shape index (κ3) is 3.80. The minimum atomic E-state index is -0.208. The second-order valence-corrected chi connectivity index (χ2v) is 4.57. The van der Waals surface area contributed by atoms with E-state index in [0.29, 0.717) is 5.92 Å². The van der Waals surface area contributed by atoms with E-state index in [-0.39, 0.29) is 11.8 Å². The first kappa shape index (κ1) is 14.1. The molecule has 0 bridgehead atoms. The number of nitrogens with one attached hydrogen (secondary N) is 1. The van der Waals surface area contributed by atoms with Crippen LogP contribution in [0.2, 0.25) is 0 Å². The molecule has 0 saturated heterocycles. The van der Waals surface area contributed by atoms with Crippen LogP contribution in [-0.2, 0) is 0 Å². The van der Waals surface area contributed by atoms with E-state index in [1.165, 1.54) is 4.90 Å². The molecule has 4 heteroatoms. The molecular weight excluding hydrogens is 228 g/mol. The molecule has 2 N–H and O–H groups in total. The molecule has 1 aromatic carbocycles. The van der Waals surface area contributed by atoms with Gasteiger partial charge in [0.2, 0.25) is 0 Å². The van der Waals surface area contributed by atoms with Crippen LogP contribution in [0, 0.1) is 5.92 Å². The van der Waals surface area contributed by atoms with Crippen LogP contribution < -0.4 is 10.2 Å². The van der Waals surface area contributed by atoms with Gasteiger partial charge in [0.05, 0.1) is 0 Å². The maximum Gasteiger partial charge on any atom is 0.325 e. The Bertz CT molecular complexity index is 436. The van der Waals surface area contributed by atoms with Crippen LogP contribution in [0.4, 0.5) is 10.5 Å². The summed E-state index contributed by atoms with van der Waals surface area (Å²) in [7, 11) is 1.68. The highest BCUT2D eigenvalue weighted by Crippen LogP contribution is 2.17. The van der Waals surface area contributed by atoms with Crippen molar-refractivity contribution in [3.05, 3.63) is 36.0 Å². The Kier molecular flexibility index (Phi) is 4.77. The fraction of sp³-hybridized carbons (Fsp3) is 0.357. The molecule has 0 aliphatic rings. The van der Waals surface area contributed by atoms with Gasteiger partial charge < -0.3 is 10.4 Å². The molecule has 0 aromatic heterocycles. The van der Waals surface area contributed by atoms with Crippen molar-refractivity contribution in [3.8, 4) is 5.75 Å². The highest BCUT2D eigenvalue weighted by atomic mass is 16.3. The monoisotopic (exact) mass is 248 g/mol. The lowest BCUT2D eigenvalue weighted by Crippen LogP contribution is -2.34. The second kappa shape index (κ2) is 6.10. The highest BCUT2D eigenvalue weighted by Gasteiger charge is 2.09. The number of hydrogen-bond donors (Lipinski definition) is 2. The maximum atomic E-state index is 11.9. The van der Waals surface area contributed by atoms with Crippen molar-refractivity contribution in [3.63, 3.8) is 0 Å². The Hall–Kier alpha value is -1.97. The van der Waals surface area contributed by atoms with Gasteiger partial charge in [0.15, 0.2) is 0 Å². The highest BCUT2D eigenvalue weighted by molar-refractivity contribution is 5.92. The number of allylic oxidation sites excluding steroid dienone is 1. The van der Waals surface area contributed by atoms with Gasteiger partial charge in [-0.3, -0.25) is 4.90 Å². The number of phenols is 1. The molecule has 4 nitrogen and oxygen atoms in total. The minimum Gasteiger partial charge on any atom is -0.508 e. The van der Waals surface area contributed by atoms with Gasteiger partial charge >= 0.3 is 6.03 Å². The molecule has 0 atom stereocenters. The van der Waals surface area contributed by atoms with E-state index >= 15 is 0 Å². The standard InChI is InChI=1S/C14H20N2O2/c1-10(2)11(3)9-15-14(18)16(4)12-5-7-13(17)8-6-12/h5-10,17H,1-4H3,(H,15,18)/b11-9+. The topological polar surface area (TPSA) is 52.6 Å². The summed E-state index contributed by atoms with van der Waals surface area (Å²) < 4.78 is 0. The first-order chi connectivity index (χ1) is 8.41. The average Bonchev–Trinajstić information content (AvgIpc) is 2.35. The van der Waals surface area contributed by atoms with Gasteiger partial charge in [0.1, 0.15) is 5.75 Å². The summed E-state index contributed by atoms with van der Waals surface area (Å²) in [6.07, 6.45) is 1.73. The van der Waals surface area contributed by atoms with Gasteiger partial charge in [0, 0.05) is 18.9 Å². The molecule has 0 aliphatic heterocycles. The fourth-order valence-corrected chi connectivity index (χ4v) is 1.23. The van der Waals surface area contributed by atoms with Gasteiger partial charge in [-0.15, -0.1) is 0 Å². The first-order valence-corrected chi connectivity index (χ1v) is 5.91. The molecule has 0 fully saturated rings. The van der Waals surface area contributed by atoms with E-state index in [9.17, 15) is 9.90 Å². The number of nitrogens with zero attached hydrogens (tertiary/aromatic N) is 1. The van der Waals surface area contributed by atoms with Crippen LogP contribution in [0.15, 0.2) is 36.0 Å². The van der Waals surface area contributed by atoms with Crippen molar-refractivity contribution in [2.24, 2.45) is 5.92 Å². The van der Waals surface area contributed by atoms with E-state index in [1.54, 1.807) is 37.5 Å². The fourth-order valence-electron chi connectivity index (χ4n) is 1.23. The summed E-state index contributed by atoms with van der Waals surface area (Å²) >= 11 is 0. The molecule has 18 heavy (non-hydrogen) atoms. The third-order valence-corrected chi connectivity index (χ3v) is 2.88. The second-order valence-electron chi connectivity index (χ2n) is 4.57. The van der Waals surface area contributed by atoms with Crippen LogP contribution in [-0.4, -0.2) is 18.2 Å². The molecule has 0 aliphatic carbocycles. The van der Waals surface area contributed by atoms with Crippen molar-refractivity contribution in [1.82, 2.24) is 5.32 Å². The lowest BCUT2D eigenvalue weighted by Gasteiger charge is -2.17. The number of anilines is 1. The quantitative estimate of drug-likeness (QED) is 0.863. The number of carbonyl (C=O) groups is 1. The van der Waals surface area contributed by atoms with E-state index < -0.39 is 0 Å². The minimum absolute atomic E-state index is 0.183. The lowest BCUT2D eigenvalue weighted by molar-refractivity contribution is 0.250. The Morgan fingerprint density at radius 3 is 2.39 bits per heavy atom. The number of rotatable bonds is 3. The van der Waals surface area contributed by atoms with E-state index in [2.05, 4.69) is 19.2 Å². The SMILES string of the molecule is C/C(=C\NC(=O)N(C)c1ccc(O)cc1)C(C)C. The zero-order valence-corrected chi connectivity index (χ0v) is 11.3. The predicted octanol–water partition coefficient (Wildman–Crippen LogP) is 3.10. The molecule has 0 unspecified atom stereocenters. The molecule has 0 heterocycles. The first-order valence-electron chi connectivity index (χ1n) is 5.91. The zero-order valence-electron chi connectivity index (χ0n) is 11.3. The normalized spacial score (nSPS) is 11.5. The van der Waals surface area contributed by atoms with Gasteiger partial charge in [-0.1, -0.05) is 19.4 Å². The average molecular weight is 248 g/mol. The largest absolute Gasteiger partial charge is 0.508 e. The summed E-state index contributed by atoms with van der Waals surface area (Å²) in [6, 6.07) is 6.27. The maximum absolute atomic E-state index is 11.9. The van der Waals surface area contributed by atoms with Crippen LogP contribution in [0.3, 0.4) is 0 Å². The number of hydrogen-bond acceptors (Lipinski definition) is 2. The van der Waals surface area contributed by atoms with Gasteiger partial charge in [-0.2, -0.15) is 0 Å². The van der Waals surface area contributed by atoms with Gasteiger partial charge in [0.25, 0.3) is 0 Å². The summed E-state index contributed by atoms with van der Waals surface area (Å²) in [6.45, 7) is 6.12. The molecule has 0 spiro atoms. The number of amides is 2. The number of aromatic hydroxyl groups is 1. The number of urea groups is 1. The molecule has 98 valence electrons. The third-order valence-electron chi connectivity index (χ3n) is 2.88. The molecule has 1 rings (SSSR count). The Balaban J connectivity index is 2.67. The van der Waals surface area contributed by atoms with Crippen molar-refractivity contribution in [2.45, 2.75) is 20.8 Å². The molecule has 0 saturated carbocycles. The molecular formula is C14H20N2O2. The predicted molar refractivity (Wildman–Crippen MR) is 73.6 cm³/mol. The van der Waals surface area contributed by atoms with Crippen LogP contribution in [0.5, 0.6) is 5.75 Å². The Morgan fingerprint density at radius 2 is 1.89 bits per heavy atom. The summed E-state index contributed by atoms with van der Waals surface area (Å²) in [5.74, 6) is 0.590. The number of carbonyl (C=O) groups excluding carboxylic acids is 1. The number of benzene rings is 1. The van der Waals surface area contributed by atoms with Crippen LogP contribution in [0.25, 0.3) is 0 Å². The molecule has 1 aromatic rings. The smallest absolute Gasteiger partial charge is 0.325 e. The lowest BCUT2D eigenvalue weighted by atomic mass is 10.1. The summed E-state index contributed by atoms with van der Waals surface area (Å²) in [5, 5.41) is 11.9. The van der Waals surface area contributed by atoms with Crippen molar-refractivity contribution < 1.29 is 9.90 Å². The zero-order chi connectivity index (χ0) is 13.7. The van der Waals surface area contributed by atoms with Crippen LogP contribution >= 0.6 is 0 Å².